The molecule has 0 atom stereocenters. The first-order valence-corrected chi connectivity index (χ1v) is 7.69. The molecule has 4 saturated carbocycles. The highest BCUT2D eigenvalue weighted by atomic mass is 35.5. The summed E-state index contributed by atoms with van der Waals surface area (Å²) in [5.74, 6) is 2.73. The molecule has 2 N–H and O–H groups in total. The van der Waals surface area contributed by atoms with E-state index in [2.05, 4.69) is 5.32 Å². The van der Waals surface area contributed by atoms with Gasteiger partial charge in [0.1, 0.15) is 0 Å². The number of carbonyl (C=O) groups is 1. The minimum absolute atomic E-state index is 0. The molecule has 0 aromatic rings. The van der Waals surface area contributed by atoms with Crippen LogP contribution < -0.4 is 5.32 Å². The molecular formula is C15H27ClN2O2. The Morgan fingerprint density at radius 2 is 1.70 bits per heavy atom. The highest BCUT2D eigenvalue weighted by Gasteiger charge is 2.51. The fraction of sp³-hybridized carbons (Fsp3) is 0.933. The maximum atomic E-state index is 12.2. The number of hydrogen-bond donors (Lipinski definition) is 2. The van der Waals surface area contributed by atoms with Crippen LogP contribution in [0.2, 0.25) is 0 Å². The molecule has 0 heterocycles. The van der Waals surface area contributed by atoms with Gasteiger partial charge in [-0.1, -0.05) is 0 Å². The van der Waals surface area contributed by atoms with Crippen molar-refractivity contribution in [3.63, 3.8) is 0 Å². The van der Waals surface area contributed by atoms with Gasteiger partial charge in [0.05, 0.1) is 13.2 Å². The Morgan fingerprint density at radius 3 is 2.15 bits per heavy atom. The summed E-state index contributed by atoms with van der Waals surface area (Å²) in [5.41, 5.74) is 0.117. The summed E-state index contributed by atoms with van der Waals surface area (Å²) in [6.07, 6.45) is 7.82. The Morgan fingerprint density at radius 1 is 1.20 bits per heavy atom. The molecule has 4 nitrogen and oxygen atoms in total. The van der Waals surface area contributed by atoms with Gasteiger partial charge in [0.25, 0.3) is 0 Å². The van der Waals surface area contributed by atoms with E-state index in [0.29, 0.717) is 13.1 Å². The highest BCUT2D eigenvalue weighted by Crippen LogP contribution is 2.55. The third-order valence-corrected chi connectivity index (χ3v) is 5.34. The lowest BCUT2D eigenvalue weighted by atomic mass is 9.53. The normalized spacial score (nSPS) is 37.9. The standard InChI is InChI=1S/C15H26N2O2.ClH/c1-17(2-3-18)10-14(19)16-15-7-11-4-12(8-15)6-13(5-11)9-15;/h11-13,18H,2-10H2,1H3,(H,16,19);1H. The third kappa shape index (κ3) is 3.29. The van der Waals surface area contributed by atoms with Gasteiger partial charge in [-0.3, -0.25) is 9.69 Å². The Hall–Kier alpha value is -0.320. The fourth-order valence-electron chi connectivity index (χ4n) is 5.09. The minimum Gasteiger partial charge on any atom is -0.395 e. The van der Waals surface area contributed by atoms with Crippen LogP contribution in [0.5, 0.6) is 0 Å². The van der Waals surface area contributed by atoms with Crippen LogP contribution in [0.25, 0.3) is 0 Å². The molecule has 4 bridgehead atoms. The molecular weight excluding hydrogens is 276 g/mol. The summed E-state index contributed by atoms with van der Waals surface area (Å²) in [6.45, 7) is 1.08. The molecule has 20 heavy (non-hydrogen) atoms. The second kappa shape index (κ2) is 6.20. The van der Waals surface area contributed by atoms with Crippen LogP contribution >= 0.6 is 12.4 Å². The topological polar surface area (TPSA) is 52.6 Å². The number of amides is 1. The van der Waals surface area contributed by atoms with Gasteiger partial charge in [0.2, 0.25) is 5.91 Å². The van der Waals surface area contributed by atoms with E-state index in [1.165, 1.54) is 38.5 Å². The van der Waals surface area contributed by atoms with Crippen molar-refractivity contribution in [3.05, 3.63) is 0 Å². The lowest BCUT2D eigenvalue weighted by Crippen LogP contribution is -2.60. The van der Waals surface area contributed by atoms with Crippen molar-refractivity contribution in [3.8, 4) is 0 Å². The number of halogens is 1. The molecule has 0 saturated heterocycles. The highest BCUT2D eigenvalue weighted by molar-refractivity contribution is 5.85. The third-order valence-electron chi connectivity index (χ3n) is 5.34. The zero-order chi connectivity index (χ0) is 13.5. The molecule has 4 aliphatic rings. The Balaban J connectivity index is 0.00000147. The zero-order valence-corrected chi connectivity index (χ0v) is 13.1. The van der Waals surface area contributed by atoms with Crippen molar-refractivity contribution < 1.29 is 9.90 Å². The number of nitrogens with one attached hydrogen (secondary N) is 1. The number of carbonyl (C=O) groups excluding carboxylic acids is 1. The summed E-state index contributed by atoms with van der Waals surface area (Å²) < 4.78 is 0. The summed E-state index contributed by atoms with van der Waals surface area (Å²) in [6, 6.07) is 0. The Labute approximate surface area is 127 Å². The summed E-state index contributed by atoms with van der Waals surface area (Å²) in [4.78, 5) is 14.1. The van der Waals surface area contributed by atoms with Crippen LogP contribution in [0.3, 0.4) is 0 Å². The van der Waals surface area contributed by atoms with E-state index in [9.17, 15) is 4.79 Å². The van der Waals surface area contributed by atoms with Gasteiger partial charge in [-0.15, -0.1) is 12.4 Å². The Kier molecular flexibility index (Phi) is 4.98. The Bertz CT molecular complexity index is 326. The predicted octanol–water partition coefficient (Wildman–Crippen LogP) is 1.42. The van der Waals surface area contributed by atoms with E-state index in [4.69, 9.17) is 5.11 Å². The molecule has 4 fully saturated rings. The van der Waals surface area contributed by atoms with E-state index in [-0.39, 0.29) is 30.5 Å². The van der Waals surface area contributed by atoms with Crippen LogP contribution in [-0.4, -0.2) is 48.2 Å². The van der Waals surface area contributed by atoms with Gasteiger partial charge in [0, 0.05) is 12.1 Å². The van der Waals surface area contributed by atoms with Gasteiger partial charge in [-0.2, -0.15) is 0 Å². The first-order valence-electron chi connectivity index (χ1n) is 7.69. The lowest BCUT2D eigenvalue weighted by molar-refractivity contribution is -0.127. The van der Waals surface area contributed by atoms with E-state index < -0.39 is 0 Å². The molecule has 0 radical (unpaired) electrons. The van der Waals surface area contributed by atoms with Crippen LogP contribution in [0.15, 0.2) is 0 Å². The van der Waals surface area contributed by atoms with Gasteiger partial charge in [-0.25, -0.2) is 0 Å². The number of likely N-dealkylation sites (N-methyl/N-ethyl adjacent to an activating group) is 1. The number of rotatable bonds is 5. The summed E-state index contributed by atoms with van der Waals surface area (Å²) in [5, 5.41) is 12.2. The second-order valence-electron chi connectivity index (χ2n) is 7.21. The second-order valence-corrected chi connectivity index (χ2v) is 7.21. The smallest absolute Gasteiger partial charge is 0.234 e. The number of nitrogens with zero attached hydrogens (tertiary/aromatic N) is 1. The van der Waals surface area contributed by atoms with Crippen LogP contribution in [0, 0.1) is 17.8 Å². The maximum absolute atomic E-state index is 12.2. The number of aliphatic hydroxyl groups excluding tert-OH is 1. The van der Waals surface area contributed by atoms with Crippen LogP contribution in [-0.2, 0) is 4.79 Å². The molecule has 4 aliphatic carbocycles. The average molecular weight is 303 g/mol. The number of aliphatic hydroxyl groups is 1. The molecule has 4 rings (SSSR count). The largest absolute Gasteiger partial charge is 0.395 e. The van der Waals surface area contributed by atoms with E-state index in [1.54, 1.807) is 0 Å². The van der Waals surface area contributed by atoms with Crippen LogP contribution in [0.4, 0.5) is 0 Å². The molecule has 0 unspecified atom stereocenters. The maximum Gasteiger partial charge on any atom is 0.234 e. The number of hydrogen-bond acceptors (Lipinski definition) is 3. The molecule has 0 aromatic carbocycles. The van der Waals surface area contributed by atoms with Gasteiger partial charge in [-0.05, 0) is 63.3 Å². The quantitative estimate of drug-likeness (QED) is 0.807. The van der Waals surface area contributed by atoms with Crippen molar-refractivity contribution in [1.82, 2.24) is 10.2 Å². The average Bonchev–Trinajstić information content (AvgIpc) is 2.25. The first-order chi connectivity index (χ1) is 9.08. The lowest BCUT2D eigenvalue weighted by Gasteiger charge is -2.57. The molecule has 0 spiro atoms. The molecule has 0 aliphatic heterocycles. The fourth-order valence-corrected chi connectivity index (χ4v) is 5.09. The van der Waals surface area contributed by atoms with Gasteiger partial charge >= 0.3 is 0 Å². The first kappa shape index (κ1) is 16.1. The molecule has 0 aromatic heterocycles. The van der Waals surface area contributed by atoms with Gasteiger partial charge < -0.3 is 10.4 Å². The predicted molar refractivity (Wildman–Crippen MR) is 80.9 cm³/mol. The monoisotopic (exact) mass is 302 g/mol. The van der Waals surface area contributed by atoms with E-state index in [0.717, 1.165) is 17.8 Å². The molecule has 5 heteroatoms. The minimum atomic E-state index is 0. The summed E-state index contributed by atoms with van der Waals surface area (Å²) >= 11 is 0. The van der Waals surface area contributed by atoms with Crippen molar-refractivity contribution in [1.29, 1.82) is 0 Å². The van der Waals surface area contributed by atoms with E-state index in [1.807, 2.05) is 11.9 Å². The van der Waals surface area contributed by atoms with Crippen molar-refractivity contribution in [2.75, 3.05) is 26.7 Å². The van der Waals surface area contributed by atoms with E-state index >= 15 is 0 Å². The summed E-state index contributed by atoms with van der Waals surface area (Å²) in [7, 11) is 1.88. The van der Waals surface area contributed by atoms with Crippen molar-refractivity contribution in [2.24, 2.45) is 17.8 Å². The zero-order valence-electron chi connectivity index (χ0n) is 12.3. The van der Waals surface area contributed by atoms with Gasteiger partial charge in [0.15, 0.2) is 0 Å². The molecule has 116 valence electrons. The van der Waals surface area contributed by atoms with Crippen molar-refractivity contribution >= 4 is 18.3 Å². The van der Waals surface area contributed by atoms with Crippen molar-refractivity contribution in [2.45, 2.75) is 44.1 Å². The SMILES string of the molecule is CN(CCO)CC(=O)NC12CC3CC(CC(C3)C1)C2.Cl. The van der Waals surface area contributed by atoms with Crippen LogP contribution in [0.1, 0.15) is 38.5 Å². The molecule has 1 amide bonds.